The van der Waals surface area contributed by atoms with E-state index < -0.39 is 0 Å². The number of halogens is 1. The van der Waals surface area contributed by atoms with Gasteiger partial charge in [0, 0.05) is 18.5 Å². The van der Waals surface area contributed by atoms with Crippen molar-refractivity contribution in [2.24, 2.45) is 5.92 Å². The number of benzene rings is 1. The molecule has 3 nitrogen and oxygen atoms in total. The number of hydrogen-bond donors (Lipinski definition) is 1. The lowest BCUT2D eigenvalue weighted by molar-refractivity contribution is 0.310. The van der Waals surface area contributed by atoms with Crippen LogP contribution in [-0.4, -0.2) is 32.2 Å². The minimum atomic E-state index is 0.200. The minimum Gasteiger partial charge on any atom is -0.497 e. The summed E-state index contributed by atoms with van der Waals surface area (Å²) in [6.45, 7) is 6.65. The molecule has 1 aromatic carbocycles. The standard InChI is InChI=1S/C16H26ClNO2/c1-4-13(5-2)16(17)12-18-10-11-20-15-8-6-14(19-3)7-9-15/h6-9,13,16,18H,4-5,10-12H2,1-3H3. The largest absolute Gasteiger partial charge is 0.497 e. The first-order valence-corrected chi connectivity index (χ1v) is 7.76. The van der Waals surface area contributed by atoms with Crippen molar-refractivity contribution in [2.75, 3.05) is 26.8 Å². The molecule has 0 amide bonds. The summed E-state index contributed by atoms with van der Waals surface area (Å²) in [5, 5.41) is 3.55. The Morgan fingerprint density at radius 1 is 1.10 bits per heavy atom. The minimum absolute atomic E-state index is 0.200. The first-order chi connectivity index (χ1) is 9.71. The number of methoxy groups -OCH3 is 1. The highest BCUT2D eigenvalue weighted by atomic mass is 35.5. The van der Waals surface area contributed by atoms with Crippen molar-refractivity contribution in [1.82, 2.24) is 5.32 Å². The third-order valence-electron chi connectivity index (χ3n) is 3.51. The summed E-state index contributed by atoms with van der Waals surface area (Å²) in [6, 6.07) is 7.61. The Hall–Kier alpha value is -0.930. The third-order valence-corrected chi connectivity index (χ3v) is 4.02. The van der Waals surface area contributed by atoms with Crippen molar-refractivity contribution in [3.8, 4) is 11.5 Å². The van der Waals surface area contributed by atoms with Crippen LogP contribution in [0.2, 0.25) is 0 Å². The van der Waals surface area contributed by atoms with Crippen molar-refractivity contribution >= 4 is 11.6 Å². The van der Waals surface area contributed by atoms with Gasteiger partial charge >= 0.3 is 0 Å². The molecular formula is C16H26ClNO2. The molecule has 1 aromatic rings. The molecule has 0 fully saturated rings. The zero-order chi connectivity index (χ0) is 14.8. The van der Waals surface area contributed by atoms with Gasteiger partial charge in [0.05, 0.1) is 7.11 Å². The molecule has 0 heterocycles. The Balaban J connectivity index is 2.15. The van der Waals surface area contributed by atoms with E-state index >= 15 is 0 Å². The highest BCUT2D eigenvalue weighted by molar-refractivity contribution is 6.21. The maximum absolute atomic E-state index is 6.36. The zero-order valence-electron chi connectivity index (χ0n) is 12.7. The van der Waals surface area contributed by atoms with E-state index in [-0.39, 0.29) is 5.38 Å². The van der Waals surface area contributed by atoms with Crippen molar-refractivity contribution in [2.45, 2.75) is 32.1 Å². The predicted molar refractivity (Wildman–Crippen MR) is 85.1 cm³/mol. The van der Waals surface area contributed by atoms with Gasteiger partial charge in [0.25, 0.3) is 0 Å². The molecule has 0 aliphatic heterocycles. The maximum Gasteiger partial charge on any atom is 0.119 e. The molecule has 0 aliphatic carbocycles. The first-order valence-electron chi connectivity index (χ1n) is 7.32. The summed E-state index contributed by atoms with van der Waals surface area (Å²) < 4.78 is 10.7. The van der Waals surface area contributed by atoms with Crippen LogP contribution in [-0.2, 0) is 0 Å². The van der Waals surface area contributed by atoms with E-state index in [2.05, 4.69) is 19.2 Å². The normalized spacial score (nSPS) is 12.4. The second-order valence-electron chi connectivity index (χ2n) is 4.82. The van der Waals surface area contributed by atoms with Gasteiger partial charge < -0.3 is 14.8 Å². The van der Waals surface area contributed by atoms with E-state index in [1.54, 1.807) is 7.11 Å². The molecule has 4 heteroatoms. The number of nitrogens with one attached hydrogen (secondary N) is 1. The topological polar surface area (TPSA) is 30.5 Å². The number of ether oxygens (including phenoxy) is 2. The van der Waals surface area contributed by atoms with Gasteiger partial charge in [-0.05, 0) is 30.2 Å². The Morgan fingerprint density at radius 2 is 1.70 bits per heavy atom. The molecule has 0 aliphatic rings. The number of hydrogen-bond acceptors (Lipinski definition) is 3. The van der Waals surface area contributed by atoms with Crippen LogP contribution in [0, 0.1) is 5.92 Å². The van der Waals surface area contributed by atoms with Crippen LogP contribution >= 0.6 is 11.6 Å². The smallest absolute Gasteiger partial charge is 0.119 e. The highest BCUT2D eigenvalue weighted by Gasteiger charge is 2.14. The second kappa shape index (κ2) is 9.89. The van der Waals surface area contributed by atoms with Gasteiger partial charge in [-0.3, -0.25) is 0 Å². The summed E-state index contributed by atoms with van der Waals surface area (Å²) in [6.07, 6.45) is 2.27. The van der Waals surface area contributed by atoms with Crippen LogP contribution in [0.3, 0.4) is 0 Å². The fourth-order valence-electron chi connectivity index (χ4n) is 2.12. The average Bonchev–Trinajstić information content (AvgIpc) is 2.49. The Bertz CT molecular complexity index is 352. The molecule has 0 saturated heterocycles. The van der Waals surface area contributed by atoms with Gasteiger partial charge in [-0.2, -0.15) is 0 Å². The van der Waals surface area contributed by atoms with E-state index in [0.29, 0.717) is 12.5 Å². The zero-order valence-corrected chi connectivity index (χ0v) is 13.5. The maximum atomic E-state index is 6.36. The van der Waals surface area contributed by atoms with Crippen molar-refractivity contribution in [1.29, 1.82) is 0 Å². The second-order valence-corrected chi connectivity index (χ2v) is 5.38. The molecule has 1 N–H and O–H groups in total. The van der Waals surface area contributed by atoms with Crippen LogP contribution < -0.4 is 14.8 Å². The first kappa shape index (κ1) is 17.1. The molecule has 1 unspecified atom stereocenters. The Labute approximate surface area is 127 Å². The predicted octanol–water partition coefficient (Wildman–Crippen LogP) is 3.71. The van der Waals surface area contributed by atoms with Crippen LogP contribution in [0.25, 0.3) is 0 Å². The summed E-state index contributed by atoms with van der Waals surface area (Å²) in [5.41, 5.74) is 0. The van der Waals surface area contributed by atoms with Gasteiger partial charge in [-0.1, -0.05) is 26.7 Å². The summed E-state index contributed by atoms with van der Waals surface area (Å²) in [7, 11) is 1.65. The van der Waals surface area contributed by atoms with E-state index in [1.807, 2.05) is 24.3 Å². The number of rotatable bonds is 10. The van der Waals surface area contributed by atoms with Crippen molar-refractivity contribution < 1.29 is 9.47 Å². The van der Waals surface area contributed by atoms with E-state index in [0.717, 1.165) is 37.4 Å². The molecular weight excluding hydrogens is 274 g/mol. The van der Waals surface area contributed by atoms with Crippen LogP contribution in [0.5, 0.6) is 11.5 Å². The van der Waals surface area contributed by atoms with E-state index in [1.165, 1.54) is 0 Å². The number of alkyl halides is 1. The fourth-order valence-corrected chi connectivity index (χ4v) is 2.59. The third kappa shape index (κ3) is 6.02. The molecule has 0 aromatic heterocycles. The molecule has 0 saturated carbocycles. The summed E-state index contributed by atoms with van der Waals surface area (Å²) in [5.74, 6) is 2.28. The molecule has 0 radical (unpaired) electrons. The van der Waals surface area contributed by atoms with Crippen LogP contribution in [0.1, 0.15) is 26.7 Å². The lowest BCUT2D eigenvalue weighted by Crippen LogP contribution is -2.31. The Morgan fingerprint density at radius 3 is 2.25 bits per heavy atom. The average molecular weight is 300 g/mol. The monoisotopic (exact) mass is 299 g/mol. The quantitative estimate of drug-likeness (QED) is 0.528. The molecule has 0 bridgehead atoms. The molecule has 1 atom stereocenters. The SMILES string of the molecule is CCC(CC)C(Cl)CNCCOc1ccc(OC)cc1. The lowest BCUT2D eigenvalue weighted by atomic mass is 9.99. The lowest BCUT2D eigenvalue weighted by Gasteiger charge is -2.19. The van der Waals surface area contributed by atoms with Gasteiger partial charge in [0.1, 0.15) is 18.1 Å². The fraction of sp³-hybridized carbons (Fsp3) is 0.625. The van der Waals surface area contributed by atoms with Crippen LogP contribution in [0.15, 0.2) is 24.3 Å². The van der Waals surface area contributed by atoms with Crippen LogP contribution in [0.4, 0.5) is 0 Å². The highest BCUT2D eigenvalue weighted by Crippen LogP contribution is 2.18. The van der Waals surface area contributed by atoms with Gasteiger partial charge in [0.2, 0.25) is 0 Å². The van der Waals surface area contributed by atoms with Gasteiger partial charge in [-0.15, -0.1) is 11.6 Å². The summed E-state index contributed by atoms with van der Waals surface area (Å²) >= 11 is 6.36. The molecule has 20 heavy (non-hydrogen) atoms. The van der Waals surface area contributed by atoms with E-state index in [4.69, 9.17) is 21.1 Å². The van der Waals surface area contributed by atoms with E-state index in [9.17, 15) is 0 Å². The Kier molecular flexibility index (Phi) is 8.47. The summed E-state index contributed by atoms with van der Waals surface area (Å²) in [4.78, 5) is 0. The molecule has 114 valence electrons. The van der Waals surface area contributed by atoms with Gasteiger partial charge in [0.15, 0.2) is 0 Å². The van der Waals surface area contributed by atoms with Gasteiger partial charge in [-0.25, -0.2) is 0 Å². The van der Waals surface area contributed by atoms with Crippen molar-refractivity contribution in [3.05, 3.63) is 24.3 Å². The van der Waals surface area contributed by atoms with Crippen molar-refractivity contribution in [3.63, 3.8) is 0 Å². The molecule has 1 rings (SSSR count). The molecule has 0 spiro atoms.